The molecule has 18 heavy (non-hydrogen) atoms. The van der Waals surface area contributed by atoms with Crippen LogP contribution in [0.4, 0.5) is 0 Å². The first-order valence-electron chi connectivity index (χ1n) is 6.42. The topological polar surface area (TPSA) is 33.7 Å². The maximum absolute atomic E-state index is 5.84. The highest BCUT2D eigenvalue weighted by Crippen LogP contribution is 2.21. The van der Waals surface area contributed by atoms with E-state index in [1.807, 2.05) is 18.2 Å². The van der Waals surface area contributed by atoms with Gasteiger partial charge in [-0.1, -0.05) is 30.3 Å². The number of hydrogen-bond acceptors (Lipinski definition) is 4. The van der Waals surface area contributed by atoms with Crippen molar-refractivity contribution < 1.29 is 9.47 Å². The molecule has 0 aliphatic carbocycles. The largest absolute Gasteiger partial charge is 0.446 e. The first-order chi connectivity index (χ1) is 8.92. The van der Waals surface area contributed by atoms with Crippen LogP contribution in [0.1, 0.15) is 5.56 Å². The summed E-state index contributed by atoms with van der Waals surface area (Å²) >= 11 is 0. The van der Waals surface area contributed by atoms with Crippen molar-refractivity contribution in [3.8, 4) is 0 Å². The molecule has 1 atom stereocenters. The second-order valence-electron chi connectivity index (χ2n) is 4.59. The number of nitrogens with one attached hydrogen (secondary N) is 1. The minimum atomic E-state index is -0.231. The first kappa shape index (κ1) is 11.6. The number of ether oxygens (including phenoxy) is 2. The Morgan fingerprint density at radius 3 is 2.72 bits per heavy atom. The highest BCUT2D eigenvalue weighted by atomic mass is 16.7. The molecule has 0 aromatic heterocycles. The van der Waals surface area contributed by atoms with Crippen molar-refractivity contribution in [2.75, 3.05) is 26.2 Å². The third kappa shape index (κ3) is 2.66. The SMILES string of the molecule is C1=C(Cc2ccccc2)OC(N2CCNCC2)O1. The molecule has 1 aromatic rings. The van der Waals surface area contributed by atoms with Gasteiger partial charge in [0.2, 0.25) is 0 Å². The minimum absolute atomic E-state index is 0.231. The number of piperazine rings is 1. The third-order valence-corrected chi connectivity index (χ3v) is 3.24. The van der Waals surface area contributed by atoms with Gasteiger partial charge in [0.25, 0.3) is 0 Å². The maximum atomic E-state index is 5.84. The summed E-state index contributed by atoms with van der Waals surface area (Å²) in [6.45, 7) is 3.93. The van der Waals surface area contributed by atoms with Gasteiger partial charge < -0.3 is 14.8 Å². The van der Waals surface area contributed by atoms with Crippen LogP contribution >= 0.6 is 0 Å². The zero-order valence-corrected chi connectivity index (χ0v) is 10.3. The molecule has 1 saturated heterocycles. The van der Waals surface area contributed by atoms with Crippen LogP contribution in [-0.2, 0) is 15.9 Å². The normalized spacial score (nSPS) is 24.2. The lowest BCUT2D eigenvalue weighted by atomic mass is 10.1. The fraction of sp³-hybridized carbons (Fsp3) is 0.429. The summed E-state index contributed by atoms with van der Waals surface area (Å²) in [5.41, 5.74) is 1.24. The highest BCUT2D eigenvalue weighted by Gasteiger charge is 2.27. The van der Waals surface area contributed by atoms with E-state index in [0.29, 0.717) is 0 Å². The molecule has 0 saturated carbocycles. The predicted octanol–water partition coefficient (Wildman–Crippen LogP) is 1.31. The van der Waals surface area contributed by atoms with Crippen LogP contribution < -0.4 is 5.32 Å². The summed E-state index contributed by atoms with van der Waals surface area (Å²) in [5.74, 6) is 0.907. The van der Waals surface area contributed by atoms with E-state index in [-0.39, 0.29) is 6.41 Å². The van der Waals surface area contributed by atoms with Crippen molar-refractivity contribution in [2.24, 2.45) is 0 Å². The zero-order valence-electron chi connectivity index (χ0n) is 10.3. The average molecular weight is 246 g/mol. The van der Waals surface area contributed by atoms with Crippen LogP contribution in [-0.4, -0.2) is 37.5 Å². The lowest BCUT2D eigenvalue weighted by Gasteiger charge is -2.30. The standard InChI is InChI=1S/C14H18N2O2/c1-2-4-12(5-3-1)10-13-11-17-14(18-13)16-8-6-15-7-9-16/h1-5,11,14-15H,6-10H2. The van der Waals surface area contributed by atoms with Crippen LogP contribution in [0.2, 0.25) is 0 Å². The lowest BCUT2D eigenvalue weighted by molar-refractivity contribution is -0.148. The molecule has 1 N–H and O–H groups in total. The van der Waals surface area contributed by atoms with Crippen molar-refractivity contribution in [3.63, 3.8) is 0 Å². The molecule has 0 spiro atoms. The Bertz CT molecular complexity index is 413. The molecule has 2 heterocycles. The number of nitrogens with zero attached hydrogens (tertiary/aromatic N) is 1. The smallest absolute Gasteiger partial charge is 0.304 e. The van der Waals surface area contributed by atoms with Crippen LogP contribution in [0.25, 0.3) is 0 Å². The van der Waals surface area contributed by atoms with Gasteiger partial charge in [-0.25, -0.2) is 4.90 Å². The molecule has 96 valence electrons. The number of hydrogen-bond donors (Lipinski definition) is 1. The monoisotopic (exact) mass is 246 g/mol. The summed E-state index contributed by atoms with van der Waals surface area (Å²) in [6, 6.07) is 10.3. The van der Waals surface area contributed by atoms with E-state index < -0.39 is 0 Å². The lowest BCUT2D eigenvalue weighted by Crippen LogP contribution is -2.48. The van der Waals surface area contributed by atoms with E-state index in [0.717, 1.165) is 38.4 Å². The van der Waals surface area contributed by atoms with Gasteiger partial charge in [0.15, 0.2) is 0 Å². The molecule has 2 aliphatic rings. The van der Waals surface area contributed by atoms with Gasteiger partial charge in [0.1, 0.15) is 12.0 Å². The van der Waals surface area contributed by atoms with Crippen molar-refractivity contribution >= 4 is 0 Å². The average Bonchev–Trinajstić information content (AvgIpc) is 2.89. The van der Waals surface area contributed by atoms with Crippen molar-refractivity contribution in [1.29, 1.82) is 0 Å². The zero-order chi connectivity index (χ0) is 12.2. The van der Waals surface area contributed by atoms with E-state index >= 15 is 0 Å². The molecular formula is C14H18N2O2. The van der Waals surface area contributed by atoms with Gasteiger partial charge in [-0.3, -0.25) is 0 Å². The molecule has 0 amide bonds. The molecule has 1 unspecified atom stereocenters. The molecule has 0 radical (unpaired) electrons. The van der Waals surface area contributed by atoms with E-state index in [1.54, 1.807) is 6.26 Å². The Balaban J connectivity index is 1.54. The minimum Gasteiger partial charge on any atom is -0.446 e. The van der Waals surface area contributed by atoms with E-state index in [9.17, 15) is 0 Å². The Morgan fingerprint density at radius 2 is 1.94 bits per heavy atom. The molecular weight excluding hydrogens is 228 g/mol. The number of allylic oxidation sites excluding steroid dienone is 1. The molecule has 4 heteroatoms. The van der Waals surface area contributed by atoms with Gasteiger partial charge in [-0.15, -0.1) is 0 Å². The fourth-order valence-electron chi connectivity index (χ4n) is 2.25. The highest BCUT2D eigenvalue weighted by molar-refractivity contribution is 5.19. The second kappa shape index (κ2) is 5.42. The second-order valence-corrected chi connectivity index (χ2v) is 4.59. The summed E-state index contributed by atoms with van der Waals surface area (Å²) in [7, 11) is 0. The first-order valence-corrected chi connectivity index (χ1v) is 6.42. The fourth-order valence-corrected chi connectivity index (χ4v) is 2.25. The van der Waals surface area contributed by atoms with Crippen LogP contribution in [0.15, 0.2) is 42.4 Å². The van der Waals surface area contributed by atoms with Crippen molar-refractivity contribution in [1.82, 2.24) is 10.2 Å². The van der Waals surface area contributed by atoms with E-state index in [1.165, 1.54) is 5.56 Å². The van der Waals surface area contributed by atoms with E-state index in [2.05, 4.69) is 22.3 Å². The molecule has 2 aliphatic heterocycles. The Kier molecular flexibility index (Phi) is 3.48. The Labute approximate surface area is 107 Å². The number of rotatable bonds is 3. The van der Waals surface area contributed by atoms with Crippen molar-refractivity contribution in [2.45, 2.75) is 12.8 Å². The van der Waals surface area contributed by atoms with Gasteiger partial charge in [0, 0.05) is 32.6 Å². The summed E-state index contributed by atoms with van der Waals surface area (Å²) in [6.07, 6.45) is 2.31. The van der Waals surface area contributed by atoms with Gasteiger partial charge >= 0.3 is 6.41 Å². The molecule has 1 aromatic carbocycles. The molecule has 3 rings (SSSR count). The number of benzene rings is 1. The Morgan fingerprint density at radius 1 is 1.17 bits per heavy atom. The summed E-state index contributed by atoms with van der Waals surface area (Å²) in [5, 5.41) is 3.32. The van der Waals surface area contributed by atoms with Crippen molar-refractivity contribution in [3.05, 3.63) is 47.9 Å². The molecule has 0 bridgehead atoms. The quantitative estimate of drug-likeness (QED) is 0.872. The van der Waals surface area contributed by atoms with Crippen LogP contribution in [0.5, 0.6) is 0 Å². The van der Waals surface area contributed by atoms with Gasteiger partial charge in [-0.05, 0) is 5.56 Å². The maximum Gasteiger partial charge on any atom is 0.304 e. The summed E-state index contributed by atoms with van der Waals surface area (Å²) < 4.78 is 11.4. The third-order valence-electron chi connectivity index (χ3n) is 3.24. The predicted molar refractivity (Wildman–Crippen MR) is 68.6 cm³/mol. The van der Waals surface area contributed by atoms with Gasteiger partial charge in [0.05, 0.1) is 0 Å². The van der Waals surface area contributed by atoms with Crippen LogP contribution in [0.3, 0.4) is 0 Å². The molecule has 4 nitrogen and oxygen atoms in total. The summed E-state index contributed by atoms with van der Waals surface area (Å²) in [4.78, 5) is 2.21. The molecule has 1 fully saturated rings. The van der Waals surface area contributed by atoms with Crippen LogP contribution in [0, 0.1) is 0 Å². The van der Waals surface area contributed by atoms with E-state index in [4.69, 9.17) is 9.47 Å². The Hall–Kier alpha value is -1.52. The van der Waals surface area contributed by atoms with Gasteiger partial charge in [-0.2, -0.15) is 0 Å².